The van der Waals surface area contributed by atoms with Gasteiger partial charge in [-0.15, -0.1) is 0 Å². The van der Waals surface area contributed by atoms with Crippen LogP contribution in [0.3, 0.4) is 0 Å². The van der Waals surface area contributed by atoms with E-state index >= 15 is 0 Å². The molecule has 1 aromatic carbocycles. The number of nitrogens with two attached hydrogens (primary N) is 1. The summed E-state index contributed by atoms with van der Waals surface area (Å²) in [4.78, 5) is 11.1. The number of hydrogen-bond donors (Lipinski definition) is 1. The smallest absolute Gasteiger partial charge is 0.322 e. The van der Waals surface area contributed by atoms with E-state index in [4.69, 9.17) is 5.73 Å². The average molecular weight is 272 g/mol. The Morgan fingerprint density at radius 1 is 1.60 bits per heavy atom. The first kappa shape index (κ1) is 12.2. The Balaban J connectivity index is 2.76. The molecule has 1 rings (SSSR count). The van der Waals surface area contributed by atoms with Crippen molar-refractivity contribution in [2.24, 2.45) is 5.73 Å². The van der Waals surface area contributed by atoms with Gasteiger partial charge >= 0.3 is 5.97 Å². The second-order valence-electron chi connectivity index (χ2n) is 3.40. The number of aryl methyl sites for hydroxylation is 1. The van der Waals surface area contributed by atoms with Crippen molar-refractivity contribution < 1.29 is 9.53 Å². The zero-order chi connectivity index (χ0) is 11.4. The van der Waals surface area contributed by atoms with Crippen LogP contribution < -0.4 is 5.73 Å². The van der Waals surface area contributed by atoms with Gasteiger partial charge in [0.15, 0.2) is 0 Å². The number of hydrogen-bond acceptors (Lipinski definition) is 3. The van der Waals surface area contributed by atoms with Crippen LogP contribution in [0.5, 0.6) is 0 Å². The fourth-order valence-electron chi connectivity index (χ4n) is 1.36. The minimum Gasteiger partial charge on any atom is -0.468 e. The summed E-state index contributed by atoms with van der Waals surface area (Å²) in [5.41, 5.74) is 7.86. The molecule has 2 N–H and O–H groups in total. The lowest BCUT2D eigenvalue weighted by atomic mass is 10.0. The van der Waals surface area contributed by atoms with Crippen LogP contribution >= 0.6 is 15.9 Å². The molecule has 4 heteroatoms. The molecule has 0 unspecified atom stereocenters. The van der Waals surface area contributed by atoms with Gasteiger partial charge in [0.05, 0.1) is 7.11 Å². The van der Waals surface area contributed by atoms with Crippen molar-refractivity contribution in [3.8, 4) is 0 Å². The van der Waals surface area contributed by atoms with E-state index in [9.17, 15) is 4.79 Å². The van der Waals surface area contributed by atoms with E-state index in [1.54, 1.807) is 0 Å². The maximum absolute atomic E-state index is 11.1. The molecule has 0 aliphatic rings. The summed E-state index contributed by atoms with van der Waals surface area (Å²) < 4.78 is 5.60. The second-order valence-corrected chi connectivity index (χ2v) is 4.32. The Bertz CT molecular complexity index is 366. The van der Waals surface area contributed by atoms with Gasteiger partial charge in [-0.05, 0) is 36.6 Å². The van der Waals surface area contributed by atoms with Crippen LogP contribution in [0.4, 0.5) is 0 Å². The maximum atomic E-state index is 11.1. The minimum absolute atomic E-state index is 0.377. The Labute approximate surface area is 97.7 Å². The summed E-state index contributed by atoms with van der Waals surface area (Å²) >= 11 is 3.38. The molecular formula is C11H14BrNO2. The Hall–Kier alpha value is -0.870. The largest absolute Gasteiger partial charge is 0.468 e. The number of ether oxygens (including phenoxy) is 1. The first-order valence-corrected chi connectivity index (χ1v) is 5.42. The molecule has 0 saturated heterocycles. The molecule has 15 heavy (non-hydrogen) atoms. The molecule has 0 radical (unpaired) electrons. The van der Waals surface area contributed by atoms with Crippen molar-refractivity contribution in [2.45, 2.75) is 19.4 Å². The molecule has 82 valence electrons. The van der Waals surface area contributed by atoms with Crippen LogP contribution in [0.25, 0.3) is 0 Å². The molecule has 0 fully saturated rings. The molecule has 0 aliphatic heterocycles. The molecule has 0 heterocycles. The Morgan fingerprint density at radius 3 is 2.80 bits per heavy atom. The van der Waals surface area contributed by atoms with E-state index in [1.807, 2.05) is 25.1 Å². The van der Waals surface area contributed by atoms with Gasteiger partial charge in [0, 0.05) is 4.47 Å². The van der Waals surface area contributed by atoms with Crippen LogP contribution in [-0.4, -0.2) is 19.1 Å². The number of carbonyl (C=O) groups is 1. The van der Waals surface area contributed by atoms with Gasteiger partial charge in [0.25, 0.3) is 0 Å². The zero-order valence-electron chi connectivity index (χ0n) is 8.79. The van der Waals surface area contributed by atoms with Crippen LogP contribution in [0.1, 0.15) is 11.1 Å². The summed E-state index contributed by atoms with van der Waals surface area (Å²) in [5, 5.41) is 0. The lowest BCUT2D eigenvalue weighted by molar-refractivity contribution is -0.142. The molecule has 0 aliphatic carbocycles. The number of carbonyl (C=O) groups excluding carboxylic acids is 1. The van der Waals surface area contributed by atoms with Crippen molar-refractivity contribution in [3.05, 3.63) is 33.8 Å². The number of benzene rings is 1. The van der Waals surface area contributed by atoms with E-state index in [1.165, 1.54) is 7.11 Å². The first-order chi connectivity index (χ1) is 7.04. The van der Waals surface area contributed by atoms with Gasteiger partial charge in [-0.1, -0.05) is 22.0 Å². The average Bonchev–Trinajstić information content (AvgIpc) is 2.20. The maximum Gasteiger partial charge on any atom is 0.322 e. The van der Waals surface area contributed by atoms with Crippen LogP contribution in [0, 0.1) is 6.92 Å². The molecule has 3 nitrogen and oxygen atoms in total. The Kier molecular flexibility index (Phi) is 4.29. The van der Waals surface area contributed by atoms with Crippen LogP contribution in [0.2, 0.25) is 0 Å². The normalized spacial score (nSPS) is 12.3. The fraction of sp³-hybridized carbons (Fsp3) is 0.364. The summed E-state index contributed by atoms with van der Waals surface area (Å²) in [6.45, 7) is 1.99. The molecule has 1 atom stereocenters. The molecule has 0 saturated carbocycles. The van der Waals surface area contributed by atoms with Gasteiger partial charge in [-0.3, -0.25) is 4.79 Å². The van der Waals surface area contributed by atoms with E-state index in [-0.39, 0.29) is 5.97 Å². The van der Waals surface area contributed by atoms with Gasteiger partial charge in [-0.2, -0.15) is 0 Å². The fourth-order valence-corrected chi connectivity index (χ4v) is 1.84. The monoisotopic (exact) mass is 271 g/mol. The zero-order valence-corrected chi connectivity index (χ0v) is 10.4. The summed E-state index contributed by atoms with van der Waals surface area (Å²) in [6.07, 6.45) is 0.506. The van der Waals surface area contributed by atoms with Crippen LogP contribution in [-0.2, 0) is 16.0 Å². The summed E-state index contributed by atoms with van der Waals surface area (Å²) in [5.74, 6) is -0.377. The van der Waals surface area contributed by atoms with Crippen molar-refractivity contribution in [1.29, 1.82) is 0 Å². The first-order valence-electron chi connectivity index (χ1n) is 4.63. The van der Waals surface area contributed by atoms with Crippen LogP contribution in [0.15, 0.2) is 22.7 Å². The lowest BCUT2D eigenvalue weighted by Gasteiger charge is -2.11. The third-order valence-corrected chi connectivity index (χ3v) is 2.74. The lowest BCUT2D eigenvalue weighted by Crippen LogP contribution is -2.33. The highest BCUT2D eigenvalue weighted by molar-refractivity contribution is 9.10. The number of rotatable bonds is 3. The highest BCUT2D eigenvalue weighted by atomic mass is 79.9. The molecule has 0 amide bonds. The number of halogens is 1. The highest BCUT2D eigenvalue weighted by Crippen LogP contribution is 2.17. The topological polar surface area (TPSA) is 52.3 Å². The van der Waals surface area contributed by atoms with Crippen molar-refractivity contribution in [3.63, 3.8) is 0 Å². The predicted octanol–water partition coefficient (Wildman–Crippen LogP) is 1.80. The molecule has 0 aromatic heterocycles. The van der Waals surface area contributed by atoms with Gasteiger partial charge in [-0.25, -0.2) is 0 Å². The van der Waals surface area contributed by atoms with Crippen molar-refractivity contribution >= 4 is 21.9 Å². The van der Waals surface area contributed by atoms with E-state index in [0.717, 1.165) is 15.6 Å². The third kappa shape index (κ3) is 3.32. The third-order valence-electron chi connectivity index (χ3n) is 2.25. The summed E-state index contributed by atoms with van der Waals surface area (Å²) in [6, 6.07) is 5.31. The van der Waals surface area contributed by atoms with Crippen molar-refractivity contribution in [1.82, 2.24) is 0 Å². The van der Waals surface area contributed by atoms with Gasteiger partial charge < -0.3 is 10.5 Å². The SMILES string of the molecule is COC(=O)[C@@H](N)Cc1ccc(Br)cc1C. The standard InChI is InChI=1S/C11H14BrNO2/c1-7-5-9(12)4-3-8(7)6-10(13)11(14)15-2/h3-5,10H,6,13H2,1-2H3/t10-/m0/s1. The van der Waals surface area contributed by atoms with Crippen molar-refractivity contribution in [2.75, 3.05) is 7.11 Å². The van der Waals surface area contributed by atoms with Gasteiger partial charge in [0.2, 0.25) is 0 Å². The highest BCUT2D eigenvalue weighted by Gasteiger charge is 2.15. The quantitative estimate of drug-likeness (QED) is 0.854. The van der Waals surface area contributed by atoms with E-state index in [2.05, 4.69) is 20.7 Å². The molecule has 1 aromatic rings. The van der Waals surface area contributed by atoms with Gasteiger partial charge in [0.1, 0.15) is 6.04 Å². The molecule has 0 spiro atoms. The number of methoxy groups -OCH3 is 1. The summed E-state index contributed by atoms with van der Waals surface area (Å²) in [7, 11) is 1.34. The van der Waals surface area contributed by atoms with E-state index < -0.39 is 6.04 Å². The second kappa shape index (κ2) is 5.28. The predicted molar refractivity (Wildman–Crippen MR) is 62.6 cm³/mol. The molecular weight excluding hydrogens is 258 g/mol. The Morgan fingerprint density at radius 2 is 2.27 bits per heavy atom. The molecule has 0 bridgehead atoms. The minimum atomic E-state index is -0.588. The number of esters is 1. The van der Waals surface area contributed by atoms with E-state index in [0.29, 0.717) is 6.42 Å².